The summed E-state index contributed by atoms with van der Waals surface area (Å²) in [5, 5.41) is 8.07. The quantitative estimate of drug-likeness (QED) is 0.773. The number of carbonyl (C=O) groups is 3. The van der Waals surface area contributed by atoms with Crippen LogP contribution in [0.15, 0.2) is 48.5 Å². The van der Waals surface area contributed by atoms with Crippen LogP contribution in [-0.4, -0.2) is 30.4 Å². The van der Waals surface area contributed by atoms with Crippen LogP contribution in [0.4, 0.5) is 26.2 Å². The van der Waals surface area contributed by atoms with Gasteiger partial charge in [0.1, 0.15) is 5.82 Å². The molecule has 0 saturated carbocycles. The van der Waals surface area contributed by atoms with E-state index in [9.17, 15) is 18.8 Å². The average molecular weight is 370 g/mol. The van der Waals surface area contributed by atoms with Gasteiger partial charge in [0.05, 0.1) is 6.04 Å². The Morgan fingerprint density at radius 1 is 1.07 bits per heavy atom. The highest BCUT2D eigenvalue weighted by Gasteiger charge is 2.31. The summed E-state index contributed by atoms with van der Waals surface area (Å²) < 4.78 is 13.0. The monoisotopic (exact) mass is 370 g/mol. The van der Waals surface area contributed by atoms with Crippen molar-refractivity contribution in [2.24, 2.45) is 0 Å². The molecule has 1 fully saturated rings. The molecule has 2 aromatic rings. The number of benzene rings is 2. The van der Waals surface area contributed by atoms with Crippen LogP contribution in [0.25, 0.3) is 0 Å². The molecule has 8 heteroatoms. The molecular formula is C19H19FN4O3. The Labute approximate surface area is 155 Å². The molecule has 0 bridgehead atoms. The van der Waals surface area contributed by atoms with E-state index in [4.69, 9.17) is 0 Å². The zero-order valence-corrected chi connectivity index (χ0v) is 14.7. The molecule has 0 spiro atoms. The molecule has 7 nitrogen and oxygen atoms in total. The van der Waals surface area contributed by atoms with Gasteiger partial charge in [-0.2, -0.15) is 0 Å². The van der Waals surface area contributed by atoms with Crippen molar-refractivity contribution in [3.63, 3.8) is 0 Å². The van der Waals surface area contributed by atoms with Crippen LogP contribution < -0.4 is 20.9 Å². The molecule has 1 atom stereocenters. The zero-order valence-electron chi connectivity index (χ0n) is 14.7. The van der Waals surface area contributed by atoms with Crippen molar-refractivity contribution >= 4 is 34.9 Å². The van der Waals surface area contributed by atoms with Crippen molar-refractivity contribution < 1.29 is 18.8 Å². The standard InChI is InChI=1S/C19H19FN4O3/c1-12(25)21-14-3-2-4-15(9-14)22-19(27)23-16-10-18(26)24(11-16)17-7-5-13(20)6-8-17/h2-9,16H,10-11H2,1H3,(H,21,25)(H2,22,23,27)/t16-/m0/s1. The van der Waals surface area contributed by atoms with E-state index in [0.717, 1.165) is 0 Å². The molecule has 3 rings (SSSR count). The van der Waals surface area contributed by atoms with Crippen LogP contribution in [0.2, 0.25) is 0 Å². The normalized spacial score (nSPS) is 16.1. The molecule has 27 heavy (non-hydrogen) atoms. The van der Waals surface area contributed by atoms with Crippen LogP contribution in [0.5, 0.6) is 0 Å². The first kappa shape index (κ1) is 18.4. The smallest absolute Gasteiger partial charge is 0.319 e. The molecular weight excluding hydrogens is 351 g/mol. The van der Waals surface area contributed by atoms with E-state index < -0.39 is 6.03 Å². The summed E-state index contributed by atoms with van der Waals surface area (Å²) in [6, 6.07) is 11.6. The number of halogens is 1. The minimum atomic E-state index is -0.450. The number of carbonyl (C=O) groups excluding carboxylic acids is 3. The van der Waals surface area contributed by atoms with E-state index in [-0.39, 0.29) is 30.1 Å². The highest BCUT2D eigenvalue weighted by atomic mass is 19.1. The van der Waals surface area contributed by atoms with E-state index >= 15 is 0 Å². The van der Waals surface area contributed by atoms with Gasteiger partial charge in [-0.15, -0.1) is 0 Å². The van der Waals surface area contributed by atoms with Crippen LogP contribution in [-0.2, 0) is 9.59 Å². The number of urea groups is 1. The number of rotatable bonds is 4. The van der Waals surface area contributed by atoms with Crippen LogP contribution in [0.3, 0.4) is 0 Å². The first-order valence-corrected chi connectivity index (χ1v) is 8.42. The number of hydrogen-bond acceptors (Lipinski definition) is 3. The van der Waals surface area contributed by atoms with Crippen molar-refractivity contribution in [2.75, 3.05) is 22.1 Å². The Morgan fingerprint density at radius 3 is 2.41 bits per heavy atom. The first-order chi connectivity index (χ1) is 12.9. The molecule has 0 aromatic heterocycles. The van der Waals surface area contributed by atoms with Gasteiger partial charge in [0.2, 0.25) is 11.8 Å². The second-order valence-corrected chi connectivity index (χ2v) is 6.24. The van der Waals surface area contributed by atoms with Gasteiger partial charge in [-0.25, -0.2) is 9.18 Å². The van der Waals surface area contributed by atoms with Gasteiger partial charge in [-0.1, -0.05) is 6.07 Å². The molecule has 0 unspecified atom stereocenters. The van der Waals surface area contributed by atoms with E-state index in [1.807, 2.05) is 0 Å². The SMILES string of the molecule is CC(=O)Nc1cccc(NC(=O)N[C@H]2CC(=O)N(c3ccc(F)cc3)C2)c1. The molecule has 1 aliphatic rings. The topological polar surface area (TPSA) is 90.5 Å². The second-order valence-electron chi connectivity index (χ2n) is 6.24. The first-order valence-electron chi connectivity index (χ1n) is 8.42. The Kier molecular flexibility index (Phi) is 5.35. The molecule has 1 heterocycles. The highest BCUT2D eigenvalue weighted by Crippen LogP contribution is 2.22. The van der Waals surface area contributed by atoms with Crippen molar-refractivity contribution in [2.45, 2.75) is 19.4 Å². The third-order valence-electron chi connectivity index (χ3n) is 4.04. The lowest BCUT2D eigenvalue weighted by Crippen LogP contribution is -2.39. The summed E-state index contributed by atoms with van der Waals surface area (Å²) >= 11 is 0. The van der Waals surface area contributed by atoms with Crippen molar-refractivity contribution in [1.82, 2.24) is 5.32 Å². The maximum atomic E-state index is 13.0. The van der Waals surface area contributed by atoms with E-state index in [2.05, 4.69) is 16.0 Å². The van der Waals surface area contributed by atoms with E-state index in [1.54, 1.807) is 24.3 Å². The predicted octanol–water partition coefficient (Wildman–Crippen LogP) is 2.71. The molecule has 0 aliphatic carbocycles. The lowest BCUT2D eigenvalue weighted by Gasteiger charge is -2.17. The van der Waals surface area contributed by atoms with Gasteiger partial charge in [-0.05, 0) is 42.5 Å². The lowest BCUT2D eigenvalue weighted by molar-refractivity contribution is -0.117. The summed E-state index contributed by atoms with van der Waals surface area (Å²) in [5.74, 6) is -0.720. The van der Waals surface area contributed by atoms with Crippen LogP contribution in [0.1, 0.15) is 13.3 Å². The van der Waals surface area contributed by atoms with Gasteiger partial charge in [0.25, 0.3) is 0 Å². The number of anilines is 3. The molecule has 1 saturated heterocycles. The van der Waals surface area contributed by atoms with Gasteiger partial charge >= 0.3 is 6.03 Å². The van der Waals surface area contributed by atoms with Crippen molar-refractivity contribution in [3.8, 4) is 0 Å². The second kappa shape index (κ2) is 7.86. The largest absolute Gasteiger partial charge is 0.333 e. The summed E-state index contributed by atoms with van der Waals surface area (Å²) in [6.07, 6.45) is 0.163. The van der Waals surface area contributed by atoms with Crippen LogP contribution in [0, 0.1) is 5.82 Å². The number of nitrogens with zero attached hydrogens (tertiary/aromatic N) is 1. The van der Waals surface area contributed by atoms with Gasteiger partial charge in [0.15, 0.2) is 0 Å². The third kappa shape index (κ3) is 4.81. The Hall–Kier alpha value is -3.42. The number of amides is 4. The number of hydrogen-bond donors (Lipinski definition) is 3. The van der Waals surface area contributed by atoms with E-state index in [0.29, 0.717) is 23.6 Å². The fourth-order valence-corrected chi connectivity index (χ4v) is 2.91. The fourth-order valence-electron chi connectivity index (χ4n) is 2.91. The minimum absolute atomic E-state index is 0.139. The van der Waals surface area contributed by atoms with E-state index in [1.165, 1.54) is 36.1 Å². The summed E-state index contributed by atoms with van der Waals surface area (Å²) in [4.78, 5) is 37.0. The highest BCUT2D eigenvalue weighted by molar-refractivity contribution is 5.98. The lowest BCUT2D eigenvalue weighted by atomic mass is 10.2. The summed E-state index contributed by atoms with van der Waals surface area (Å²) in [6.45, 7) is 1.71. The Balaban J connectivity index is 1.58. The van der Waals surface area contributed by atoms with Crippen molar-refractivity contribution in [1.29, 1.82) is 0 Å². The summed E-state index contributed by atoms with van der Waals surface area (Å²) in [5.41, 5.74) is 1.67. The molecule has 140 valence electrons. The van der Waals surface area contributed by atoms with Gasteiger partial charge < -0.3 is 20.9 Å². The average Bonchev–Trinajstić information content (AvgIpc) is 2.95. The zero-order chi connectivity index (χ0) is 19.4. The fraction of sp³-hybridized carbons (Fsp3) is 0.211. The molecule has 4 amide bonds. The van der Waals surface area contributed by atoms with Gasteiger partial charge in [-0.3, -0.25) is 9.59 Å². The summed E-state index contributed by atoms with van der Waals surface area (Å²) in [7, 11) is 0. The van der Waals surface area contributed by atoms with Gasteiger partial charge in [0, 0.05) is 37.0 Å². The minimum Gasteiger partial charge on any atom is -0.333 e. The van der Waals surface area contributed by atoms with Crippen LogP contribution >= 0.6 is 0 Å². The maximum Gasteiger partial charge on any atom is 0.319 e. The molecule has 1 aliphatic heterocycles. The molecule has 2 aromatic carbocycles. The number of nitrogens with one attached hydrogen (secondary N) is 3. The maximum absolute atomic E-state index is 13.0. The molecule has 0 radical (unpaired) electrons. The third-order valence-corrected chi connectivity index (χ3v) is 4.04. The molecule has 3 N–H and O–H groups in total. The Morgan fingerprint density at radius 2 is 1.74 bits per heavy atom. The predicted molar refractivity (Wildman–Crippen MR) is 100 cm³/mol. The Bertz CT molecular complexity index is 870. The van der Waals surface area contributed by atoms with Crippen molar-refractivity contribution in [3.05, 3.63) is 54.3 Å².